The topological polar surface area (TPSA) is 95.5 Å². The maximum absolute atomic E-state index is 12.2. The van der Waals surface area contributed by atoms with Gasteiger partial charge in [0.15, 0.2) is 0 Å². The number of carbonyl (C=O) groups excluding carboxylic acids is 1. The van der Waals surface area contributed by atoms with Crippen molar-refractivity contribution in [2.75, 3.05) is 5.32 Å². The molecule has 2 rings (SSSR count). The molecule has 3 N–H and O–H groups in total. The Morgan fingerprint density at radius 1 is 1.13 bits per heavy atom. The van der Waals surface area contributed by atoms with Crippen molar-refractivity contribution in [3.63, 3.8) is 0 Å². The molecule has 0 spiro atoms. The van der Waals surface area contributed by atoms with Crippen LogP contribution in [0.3, 0.4) is 0 Å². The SMILES string of the molecule is CC(NS(=O)(=O)c1ccc(Cl)cc1)C(=O)Nc1ccccc1O. The number of rotatable bonds is 5. The van der Waals surface area contributed by atoms with Crippen LogP contribution < -0.4 is 10.0 Å². The highest BCUT2D eigenvalue weighted by atomic mass is 35.5. The van der Waals surface area contributed by atoms with Crippen LogP contribution in [0.4, 0.5) is 5.69 Å². The fourth-order valence-electron chi connectivity index (χ4n) is 1.79. The highest BCUT2D eigenvalue weighted by Gasteiger charge is 2.22. The van der Waals surface area contributed by atoms with Crippen LogP contribution >= 0.6 is 11.6 Å². The van der Waals surface area contributed by atoms with Crippen molar-refractivity contribution >= 4 is 33.2 Å². The van der Waals surface area contributed by atoms with Crippen molar-refractivity contribution in [1.82, 2.24) is 4.72 Å². The van der Waals surface area contributed by atoms with Gasteiger partial charge in [-0.15, -0.1) is 0 Å². The number of para-hydroxylation sites is 2. The smallest absolute Gasteiger partial charge is 0.242 e. The van der Waals surface area contributed by atoms with E-state index in [0.717, 1.165) is 0 Å². The molecule has 0 aromatic heterocycles. The standard InChI is InChI=1S/C15H15ClN2O4S/c1-10(15(20)17-13-4-2-3-5-14(13)19)18-23(21,22)12-8-6-11(16)7-9-12/h2-10,18-19H,1H3,(H,17,20). The van der Waals surface area contributed by atoms with E-state index in [2.05, 4.69) is 10.0 Å². The second-order valence-electron chi connectivity index (χ2n) is 4.80. The first kappa shape index (κ1) is 17.3. The molecule has 0 heterocycles. The first-order chi connectivity index (χ1) is 10.8. The fourth-order valence-corrected chi connectivity index (χ4v) is 3.12. The van der Waals surface area contributed by atoms with Gasteiger partial charge in [-0.1, -0.05) is 23.7 Å². The highest BCUT2D eigenvalue weighted by molar-refractivity contribution is 7.89. The summed E-state index contributed by atoms with van der Waals surface area (Å²) < 4.78 is 26.7. The van der Waals surface area contributed by atoms with Crippen molar-refractivity contribution < 1.29 is 18.3 Å². The Morgan fingerprint density at radius 2 is 1.74 bits per heavy atom. The van der Waals surface area contributed by atoms with Crippen LogP contribution in [0, 0.1) is 0 Å². The van der Waals surface area contributed by atoms with E-state index in [9.17, 15) is 18.3 Å². The molecule has 2 aromatic carbocycles. The molecule has 0 aliphatic heterocycles. The number of aromatic hydroxyl groups is 1. The third kappa shape index (κ3) is 4.44. The summed E-state index contributed by atoms with van der Waals surface area (Å²) in [4.78, 5) is 12.1. The summed E-state index contributed by atoms with van der Waals surface area (Å²) in [7, 11) is -3.86. The Morgan fingerprint density at radius 3 is 2.35 bits per heavy atom. The van der Waals surface area contributed by atoms with Crippen LogP contribution in [0.1, 0.15) is 6.92 Å². The van der Waals surface area contributed by atoms with E-state index in [-0.39, 0.29) is 16.3 Å². The first-order valence-electron chi connectivity index (χ1n) is 6.66. The lowest BCUT2D eigenvalue weighted by molar-refractivity contribution is -0.117. The van der Waals surface area contributed by atoms with Gasteiger partial charge in [-0.05, 0) is 43.3 Å². The van der Waals surface area contributed by atoms with Gasteiger partial charge in [0, 0.05) is 5.02 Å². The molecule has 0 saturated heterocycles. The van der Waals surface area contributed by atoms with E-state index < -0.39 is 22.0 Å². The summed E-state index contributed by atoms with van der Waals surface area (Å²) in [6, 6.07) is 10.7. The summed E-state index contributed by atoms with van der Waals surface area (Å²) >= 11 is 5.72. The van der Waals surface area contributed by atoms with Gasteiger partial charge in [-0.3, -0.25) is 4.79 Å². The number of anilines is 1. The van der Waals surface area contributed by atoms with Gasteiger partial charge >= 0.3 is 0 Å². The number of nitrogens with one attached hydrogen (secondary N) is 2. The number of phenols is 1. The van der Waals surface area contributed by atoms with Gasteiger partial charge in [0.2, 0.25) is 15.9 Å². The largest absolute Gasteiger partial charge is 0.506 e. The zero-order valence-corrected chi connectivity index (χ0v) is 13.7. The summed E-state index contributed by atoms with van der Waals surface area (Å²) in [6.45, 7) is 1.41. The maximum atomic E-state index is 12.2. The quantitative estimate of drug-likeness (QED) is 0.718. The number of hydrogen-bond acceptors (Lipinski definition) is 4. The third-order valence-corrected chi connectivity index (χ3v) is 4.82. The molecule has 8 heteroatoms. The number of carbonyl (C=O) groups is 1. The number of benzene rings is 2. The molecule has 122 valence electrons. The summed E-state index contributed by atoms with van der Waals surface area (Å²) in [5.41, 5.74) is 0.204. The van der Waals surface area contributed by atoms with Crippen molar-refractivity contribution in [3.05, 3.63) is 53.6 Å². The summed E-state index contributed by atoms with van der Waals surface area (Å²) in [5.74, 6) is -0.697. The van der Waals surface area contributed by atoms with E-state index >= 15 is 0 Å². The molecule has 0 fully saturated rings. The van der Waals surface area contributed by atoms with Crippen molar-refractivity contribution in [3.8, 4) is 5.75 Å². The lowest BCUT2D eigenvalue weighted by Gasteiger charge is -2.15. The molecule has 0 aliphatic carbocycles. The van der Waals surface area contributed by atoms with Crippen molar-refractivity contribution in [2.45, 2.75) is 17.9 Å². The van der Waals surface area contributed by atoms with E-state index in [0.29, 0.717) is 5.02 Å². The summed E-state index contributed by atoms with van der Waals surface area (Å²) in [6.07, 6.45) is 0. The fraction of sp³-hybridized carbons (Fsp3) is 0.133. The van der Waals surface area contributed by atoms with Gasteiger partial charge in [-0.25, -0.2) is 8.42 Å². The second-order valence-corrected chi connectivity index (χ2v) is 6.95. The average molecular weight is 355 g/mol. The number of amides is 1. The minimum absolute atomic E-state index is 0.00380. The molecule has 23 heavy (non-hydrogen) atoms. The Bertz CT molecular complexity index is 806. The molecular weight excluding hydrogens is 340 g/mol. The normalized spacial score (nSPS) is 12.6. The van der Waals surface area contributed by atoms with Crippen LogP contribution in [-0.4, -0.2) is 25.5 Å². The van der Waals surface area contributed by atoms with Gasteiger partial charge in [0.25, 0.3) is 0 Å². The second kappa shape index (κ2) is 6.99. The molecule has 0 saturated carbocycles. The minimum atomic E-state index is -3.86. The number of hydrogen-bond donors (Lipinski definition) is 3. The monoisotopic (exact) mass is 354 g/mol. The maximum Gasteiger partial charge on any atom is 0.242 e. The van der Waals surface area contributed by atoms with Crippen LogP contribution in [0.25, 0.3) is 0 Å². The molecule has 0 aliphatic rings. The number of sulfonamides is 1. The van der Waals surface area contributed by atoms with E-state index in [1.54, 1.807) is 12.1 Å². The van der Waals surface area contributed by atoms with Gasteiger partial charge in [0.05, 0.1) is 16.6 Å². The highest BCUT2D eigenvalue weighted by Crippen LogP contribution is 2.21. The molecular formula is C15H15ClN2O4S. The Labute approximate surface area is 139 Å². The lowest BCUT2D eigenvalue weighted by Crippen LogP contribution is -2.41. The van der Waals surface area contributed by atoms with Crippen molar-refractivity contribution in [1.29, 1.82) is 0 Å². The molecule has 1 unspecified atom stereocenters. The Balaban J connectivity index is 2.08. The van der Waals surface area contributed by atoms with Crippen LogP contribution in [0.2, 0.25) is 5.02 Å². The third-order valence-electron chi connectivity index (χ3n) is 3.01. The van der Waals surface area contributed by atoms with E-state index in [1.165, 1.54) is 43.3 Å². The van der Waals surface area contributed by atoms with E-state index in [1.807, 2.05) is 0 Å². The molecule has 2 aromatic rings. The Kier molecular flexibility index (Phi) is 5.25. The average Bonchev–Trinajstić information content (AvgIpc) is 2.49. The van der Waals surface area contributed by atoms with Crippen LogP contribution in [-0.2, 0) is 14.8 Å². The molecule has 0 bridgehead atoms. The van der Waals surface area contributed by atoms with Crippen LogP contribution in [0.15, 0.2) is 53.4 Å². The molecule has 1 atom stereocenters. The van der Waals surface area contributed by atoms with Gasteiger partial charge in [0.1, 0.15) is 5.75 Å². The predicted octanol–water partition coefficient (Wildman–Crippen LogP) is 2.35. The minimum Gasteiger partial charge on any atom is -0.506 e. The Hall–Kier alpha value is -2.09. The lowest BCUT2D eigenvalue weighted by atomic mass is 10.2. The van der Waals surface area contributed by atoms with Crippen LogP contribution in [0.5, 0.6) is 5.75 Å². The predicted molar refractivity (Wildman–Crippen MR) is 88.0 cm³/mol. The number of phenolic OH excluding ortho intramolecular Hbond substituents is 1. The molecule has 6 nitrogen and oxygen atoms in total. The first-order valence-corrected chi connectivity index (χ1v) is 8.52. The zero-order valence-electron chi connectivity index (χ0n) is 12.2. The van der Waals surface area contributed by atoms with Gasteiger partial charge in [-0.2, -0.15) is 4.72 Å². The number of halogens is 1. The molecule has 0 radical (unpaired) electrons. The summed E-state index contributed by atoms with van der Waals surface area (Å²) in [5, 5.41) is 12.5. The molecule has 1 amide bonds. The van der Waals surface area contributed by atoms with Crippen molar-refractivity contribution in [2.24, 2.45) is 0 Å². The van der Waals surface area contributed by atoms with Gasteiger partial charge < -0.3 is 10.4 Å². The van der Waals surface area contributed by atoms with E-state index in [4.69, 9.17) is 11.6 Å². The zero-order chi connectivity index (χ0) is 17.0.